The Labute approximate surface area is 115 Å². The molecule has 0 heterocycles. The molecule has 0 amide bonds. The average Bonchev–Trinajstić information content (AvgIpc) is 2.27. The van der Waals surface area contributed by atoms with E-state index in [9.17, 15) is 0 Å². The number of aryl methyl sites for hydroxylation is 1. The van der Waals surface area contributed by atoms with E-state index in [4.69, 9.17) is 0 Å². The van der Waals surface area contributed by atoms with Gasteiger partial charge in [-0.2, -0.15) is 0 Å². The quantitative estimate of drug-likeness (QED) is 0.545. The molecule has 1 aliphatic carbocycles. The molecule has 17 heavy (non-hydrogen) atoms. The zero-order chi connectivity index (χ0) is 12.5. The Bertz CT molecular complexity index is 394. The third-order valence-electron chi connectivity index (χ3n) is 3.81. The summed E-state index contributed by atoms with van der Waals surface area (Å²) in [6.07, 6.45) is 3.99. The molecule has 0 spiro atoms. The first-order valence-electron chi connectivity index (χ1n) is 6.61. The number of hydrogen-bond acceptors (Lipinski definition) is 0. The molecule has 0 nitrogen and oxygen atoms in total. The molecule has 0 radical (unpaired) electrons. The maximum absolute atomic E-state index is 3.81. The van der Waals surface area contributed by atoms with Crippen molar-refractivity contribution in [2.24, 2.45) is 0 Å². The van der Waals surface area contributed by atoms with Crippen LogP contribution in [-0.4, -0.2) is 13.4 Å². The van der Waals surface area contributed by atoms with Gasteiger partial charge in [0.25, 0.3) is 0 Å². The molecule has 0 saturated heterocycles. The van der Waals surface area contributed by atoms with Crippen LogP contribution in [0.3, 0.4) is 0 Å². The topological polar surface area (TPSA) is 0 Å². The molecule has 1 aromatic carbocycles. The Balaban J connectivity index is 2.42. The molecule has 0 fully saturated rings. The van der Waals surface area contributed by atoms with Gasteiger partial charge in [-0.25, -0.2) is 0 Å². The van der Waals surface area contributed by atoms with Gasteiger partial charge in [-0.05, 0) is 36.4 Å². The van der Waals surface area contributed by atoms with Gasteiger partial charge in [0, 0.05) is 18.8 Å². The Morgan fingerprint density at radius 2 is 1.94 bits per heavy atom. The smallest absolute Gasteiger partial charge is 0.0451 e. The van der Waals surface area contributed by atoms with Crippen molar-refractivity contribution in [3.8, 4) is 0 Å². The third-order valence-corrected chi connectivity index (χ3v) is 6.63. The summed E-state index contributed by atoms with van der Waals surface area (Å²) in [5.41, 5.74) is 3.64. The highest BCUT2D eigenvalue weighted by molar-refractivity contribution is 9.09. The second kappa shape index (κ2) is 4.89. The van der Waals surface area contributed by atoms with E-state index >= 15 is 0 Å². The lowest BCUT2D eigenvalue weighted by Gasteiger charge is -2.41. The van der Waals surface area contributed by atoms with Crippen LogP contribution in [0.4, 0.5) is 0 Å². The van der Waals surface area contributed by atoms with Crippen LogP contribution in [0.1, 0.15) is 24.0 Å². The molecule has 1 aromatic rings. The largest absolute Gasteiger partial charge is 0.0919 e. The van der Waals surface area contributed by atoms with Crippen molar-refractivity contribution < 1.29 is 0 Å². The van der Waals surface area contributed by atoms with E-state index in [0.717, 1.165) is 5.33 Å². The van der Waals surface area contributed by atoms with Gasteiger partial charge in [0.1, 0.15) is 0 Å². The Kier molecular flexibility index (Phi) is 3.84. The SMILES string of the molecule is C[Si](C)(C)CC1(CBr)CCCc2ccccc21. The molecule has 2 rings (SSSR count). The molecular weight excluding hydrogens is 288 g/mol. The molecule has 0 saturated carbocycles. The molecule has 1 unspecified atom stereocenters. The monoisotopic (exact) mass is 310 g/mol. The summed E-state index contributed by atoms with van der Waals surface area (Å²) in [7, 11) is -1.04. The van der Waals surface area contributed by atoms with Gasteiger partial charge in [-0.1, -0.05) is 59.8 Å². The number of benzene rings is 1. The zero-order valence-electron chi connectivity index (χ0n) is 11.2. The lowest BCUT2D eigenvalue weighted by Crippen LogP contribution is -2.40. The van der Waals surface area contributed by atoms with Crippen molar-refractivity contribution in [2.45, 2.75) is 50.4 Å². The molecule has 0 bridgehead atoms. The molecule has 0 aliphatic heterocycles. The van der Waals surface area contributed by atoms with Crippen molar-refractivity contribution in [1.82, 2.24) is 0 Å². The molecular formula is C15H23BrSi. The lowest BCUT2D eigenvalue weighted by atomic mass is 9.72. The van der Waals surface area contributed by atoms with Crippen LogP contribution in [0.15, 0.2) is 24.3 Å². The molecule has 1 atom stereocenters. The maximum Gasteiger partial charge on any atom is 0.0451 e. The molecule has 94 valence electrons. The number of halogens is 1. The Hall–Kier alpha value is -0.0831. The van der Waals surface area contributed by atoms with Crippen molar-refractivity contribution in [1.29, 1.82) is 0 Å². The number of hydrogen-bond donors (Lipinski definition) is 0. The van der Waals surface area contributed by atoms with Gasteiger partial charge < -0.3 is 0 Å². The first-order valence-corrected chi connectivity index (χ1v) is 11.4. The standard InChI is InChI=1S/C15H23BrSi/c1-17(2,3)12-15(11-16)10-6-8-13-7-4-5-9-14(13)15/h4-5,7,9H,6,8,10-12H2,1-3H3. The molecule has 2 heteroatoms. The highest BCUT2D eigenvalue weighted by atomic mass is 79.9. The number of rotatable bonds is 3. The van der Waals surface area contributed by atoms with Gasteiger partial charge in [0.15, 0.2) is 0 Å². The average molecular weight is 311 g/mol. The van der Waals surface area contributed by atoms with E-state index in [0.29, 0.717) is 5.41 Å². The van der Waals surface area contributed by atoms with E-state index < -0.39 is 8.07 Å². The van der Waals surface area contributed by atoms with Crippen molar-refractivity contribution >= 4 is 24.0 Å². The highest BCUT2D eigenvalue weighted by Gasteiger charge is 2.38. The van der Waals surface area contributed by atoms with Crippen molar-refractivity contribution in [3.05, 3.63) is 35.4 Å². The zero-order valence-corrected chi connectivity index (χ0v) is 13.8. The van der Waals surface area contributed by atoms with Crippen molar-refractivity contribution in [3.63, 3.8) is 0 Å². The predicted octanol–water partition coefficient (Wildman–Crippen LogP) is 4.99. The van der Waals surface area contributed by atoms with E-state index in [1.807, 2.05) is 0 Å². The maximum atomic E-state index is 3.81. The Morgan fingerprint density at radius 3 is 2.59 bits per heavy atom. The van der Waals surface area contributed by atoms with E-state index in [2.05, 4.69) is 59.8 Å². The van der Waals surface area contributed by atoms with Crippen LogP contribution in [0.2, 0.25) is 25.7 Å². The van der Waals surface area contributed by atoms with Crippen LogP contribution < -0.4 is 0 Å². The first-order chi connectivity index (χ1) is 7.97. The predicted molar refractivity (Wildman–Crippen MR) is 83.0 cm³/mol. The summed E-state index contributed by atoms with van der Waals surface area (Å²) < 4.78 is 0. The number of alkyl halides is 1. The van der Waals surface area contributed by atoms with Crippen LogP contribution in [-0.2, 0) is 11.8 Å². The van der Waals surface area contributed by atoms with Gasteiger partial charge in [-0.3, -0.25) is 0 Å². The van der Waals surface area contributed by atoms with Gasteiger partial charge >= 0.3 is 0 Å². The highest BCUT2D eigenvalue weighted by Crippen LogP contribution is 2.44. The fourth-order valence-corrected chi connectivity index (χ4v) is 7.06. The minimum absolute atomic E-state index is 0.416. The summed E-state index contributed by atoms with van der Waals surface area (Å²) in [4.78, 5) is 0. The fourth-order valence-electron chi connectivity index (χ4n) is 3.39. The van der Waals surface area contributed by atoms with Gasteiger partial charge in [0.2, 0.25) is 0 Å². The summed E-state index contributed by atoms with van der Waals surface area (Å²) in [6, 6.07) is 10.5. The summed E-state index contributed by atoms with van der Waals surface area (Å²) in [5, 5.41) is 1.13. The van der Waals surface area contributed by atoms with Gasteiger partial charge in [0.05, 0.1) is 0 Å². The van der Waals surface area contributed by atoms with Crippen LogP contribution in [0.5, 0.6) is 0 Å². The normalized spacial score (nSPS) is 24.5. The molecule has 0 aromatic heterocycles. The summed E-state index contributed by atoms with van der Waals surface area (Å²) in [6.45, 7) is 7.48. The Morgan fingerprint density at radius 1 is 1.24 bits per heavy atom. The van der Waals surface area contributed by atoms with Crippen LogP contribution >= 0.6 is 15.9 Å². The van der Waals surface area contributed by atoms with Gasteiger partial charge in [-0.15, -0.1) is 0 Å². The second-order valence-electron chi connectivity index (χ2n) is 6.66. The van der Waals surface area contributed by atoms with Crippen molar-refractivity contribution in [2.75, 3.05) is 5.33 Å². The summed E-state index contributed by atoms with van der Waals surface area (Å²) in [5.74, 6) is 0. The first kappa shape index (κ1) is 13.4. The minimum Gasteiger partial charge on any atom is -0.0919 e. The second-order valence-corrected chi connectivity index (χ2v) is 12.7. The van der Waals surface area contributed by atoms with E-state index in [1.54, 1.807) is 11.1 Å². The minimum atomic E-state index is -1.04. The fraction of sp³-hybridized carbons (Fsp3) is 0.600. The summed E-state index contributed by atoms with van der Waals surface area (Å²) >= 11 is 3.81. The van der Waals surface area contributed by atoms with E-state index in [-0.39, 0.29) is 0 Å². The van der Waals surface area contributed by atoms with E-state index in [1.165, 1.54) is 25.3 Å². The lowest BCUT2D eigenvalue weighted by molar-refractivity contribution is 0.437. The molecule has 0 N–H and O–H groups in total. The van der Waals surface area contributed by atoms with Crippen LogP contribution in [0, 0.1) is 0 Å². The molecule has 1 aliphatic rings. The number of fused-ring (bicyclic) bond motifs is 1. The third kappa shape index (κ3) is 2.85. The van der Waals surface area contributed by atoms with Crippen LogP contribution in [0.25, 0.3) is 0 Å².